The van der Waals surface area contributed by atoms with E-state index in [-0.39, 0.29) is 18.0 Å². The second kappa shape index (κ2) is 8.04. The summed E-state index contributed by atoms with van der Waals surface area (Å²) < 4.78 is 5.43. The summed E-state index contributed by atoms with van der Waals surface area (Å²) in [4.78, 5) is 29.2. The number of hydrogen-bond acceptors (Lipinski definition) is 4. The minimum absolute atomic E-state index is 0.0272. The molecule has 0 saturated carbocycles. The third-order valence-electron chi connectivity index (χ3n) is 5.34. The zero-order chi connectivity index (χ0) is 21.5. The number of ether oxygens (including phenoxy) is 1. The molecule has 0 aliphatic carbocycles. The summed E-state index contributed by atoms with van der Waals surface area (Å²) in [5, 5.41) is 3.55. The Morgan fingerprint density at radius 3 is 2.77 bits per heavy atom. The maximum Gasteiger partial charge on any atom is 0.319 e. The summed E-state index contributed by atoms with van der Waals surface area (Å²) in [6.45, 7) is 4.64. The van der Waals surface area contributed by atoms with Crippen LogP contribution in [0.25, 0.3) is 0 Å². The Morgan fingerprint density at radius 2 is 2.07 bits per heavy atom. The fraction of sp³-hybridized carbons (Fsp3) is 0.364. The topological polar surface area (TPSA) is 61.9 Å². The normalized spacial score (nSPS) is 20.2. The first kappa shape index (κ1) is 20.9. The number of benzene rings is 2. The molecule has 1 atom stereocenters. The Kier molecular flexibility index (Phi) is 5.59. The number of halogens is 1. The number of amides is 3. The van der Waals surface area contributed by atoms with Crippen molar-refractivity contribution >= 4 is 41.0 Å². The smallest absolute Gasteiger partial charge is 0.319 e. The van der Waals surface area contributed by atoms with Gasteiger partial charge in [0.1, 0.15) is 5.75 Å². The molecule has 3 amide bonds. The summed E-state index contributed by atoms with van der Waals surface area (Å²) in [5.41, 5.74) is 2.41. The number of fused-ring (bicyclic) bond motifs is 2. The molecule has 1 fully saturated rings. The van der Waals surface area contributed by atoms with Crippen LogP contribution in [0.2, 0.25) is 5.02 Å². The van der Waals surface area contributed by atoms with E-state index in [4.69, 9.17) is 16.3 Å². The number of hydrogen-bond donors (Lipinski definition) is 1. The highest BCUT2D eigenvalue weighted by Crippen LogP contribution is 2.55. The van der Waals surface area contributed by atoms with Crippen LogP contribution >= 0.6 is 23.4 Å². The van der Waals surface area contributed by atoms with Crippen LogP contribution in [0, 0.1) is 0 Å². The van der Waals surface area contributed by atoms with E-state index in [9.17, 15) is 9.59 Å². The van der Waals surface area contributed by atoms with Gasteiger partial charge in [-0.05, 0) is 43.7 Å². The van der Waals surface area contributed by atoms with Crippen molar-refractivity contribution in [3.8, 4) is 5.75 Å². The summed E-state index contributed by atoms with van der Waals surface area (Å²) in [6.07, 6.45) is 0. The molecule has 1 unspecified atom stereocenters. The van der Waals surface area contributed by atoms with Gasteiger partial charge >= 0.3 is 6.03 Å². The summed E-state index contributed by atoms with van der Waals surface area (Å²) in [6, 6.07) is 12.8. The third-order valence-corrected chi connectivity index (χ3v) is 7.13. The van der Waals surface area contributed by atoms with E-state index in [0.29, 0.717) is 29.6 Å². The van der Waals surface area contributed by atoms with Crippen LogP contribution in [-0.2, 0) is 16.2 Å². The Hall–Kier alpha value is -2.38. The highest BCUT2D eigenvalue weighted by atomic mass is 35.5. The Bertz CT molecular complexity index is 999. The van der Waals surface area contributed by atoms with E-state index in [1.54, 1.807) is 16.9 Å². The van der Waals surface area contributed by atoms with Crippen molar-refractivity contribution in [3.63, 3.8) is 0 Å². The SMILES string of the molecule is COc1ccc2c(c1)C1(SCCN1C(=O)NC(C)C)C(=O)N2Cc1ccccc1Cl. The van der Waals surface area contributed by atoms with Crippen LogP contribution in [-0.4, -0.2) is 42.3 Å². The molecule has 158 valence electrons. The van der Waals surface area contributed by atoms with E-state index in [2.05, 4.69) is 5.32 Å². The molecule has 2 aromatic carbocycles. The third kappa shape index (κ3) is 3.30. The van der Waals surface area contributed by atoms with E-state index in [0.717, 1.165) is 16.8 Å². The van der Waals surface area contributed by atoms with E-state index < -0.39 is 4.87 Å². The predicted octanol–water partition coefficient (Wildman–Crippen LogP) is 4.22. The molecule has 2 aliphatic heterocycles. The predicted molar refractivity (Wildman–Crippen MR) is 120 cm³/mol. The lowest BCUT2D eigenvalue weighted by molar-refractivity contribution is -0.123. The molecule has 0 aromatic heterocycles. The Morgan fingerprint density at radius 1 is 1.30 bits per heavy atom. The van der Waals surface area contributed by atoms with Crippen molar-refractivity contribution in [3.05, 3.63) is 58.6 Å². The van der Waals surface area contributed by atoms with Gasteiger partial charge in [-0.1, -0.05) is 29.8 Å². The summed E-state index contributed by atoms with van der Waals surface area (Å²) in [5.74, 6) is 1.19. The molecule has 2 aromatic rings. The molecule has 6 nitrogen and oxygen atoms in total. The largest absolute Gasteiger partial charge is 0.497 e. The second-order valence-corrected chi connectivity index (χ2v) is 9.31. The zero-order valence-corrected chi connectivity index (χ0v) is 18.7. The maximum atomic E-state index is 13.9. The number of nitrogens with zero attached hydrogens (tertiary/aromatic N) is 2. The minimum Gasteiger partial charge on any atom is -0.497 e. The monoisotopic (exact) mass is 445 g/mol. The van der Waals surface area contributed by atoms with Crippen LogP contribution in [0.15, 0.2) is 42.5 Å². The first-order chi connectivity index (χ1) is 14.4. The van der Waals surface area contributed by atoms with Crippen molar-refractivity contribution in [2.75, 3.05) is 24.3 Å². The van der Waals surface area contributed by atoms with Gasteiger partial charge in [0, 0.05) is 28.9 Å². The second-order valence-electron chi connectivity index (χ2n) is 7.61. The Labute approximate surface area is 185 Å². The fourth-order valence-corrected chi connectivity index (χ4v) is 5.65. The van der Waals surface area contributed by atoms with Gasteiger partial charge in [-0.3, -0.25) is 9.69 Å². The number of rotatable bonds is 4. The van der Waals surface area contributed by atoms with Gasteiger partial charge in [0.05, 0.1) is 19.3 Å². The highest BCUT2D eigenvalue weighted by Gasteiger charge is 2.59. The number of thioether (sulfide) groups is 1. The van der Waals surface area contributed by atoms with Gasteiger partial charge < -0.3 is 15.0 Å². The van der Waals surface area contributed by atoms with Crippen molar-refractivity contribution in [2.24, 2.45) is 0 Å². The first-order valence-electron chi connectivity index (χ1n) is 9.84. The van der Waals surface area contributed by atoms with Crippen LogP contribution in [0.4, 0.5) is 10.5 Å². The zero-order valence-electron chi connectivity index (χ0n) is 17.1. The average Bonchev–Trinajstić information content (AvgIpc) is 3.26. The number of carbonyl (C=O) groups is 2. The lowest BCUT2D eigenvalue weighted by Gasteiger charge is -2.33. The molecule has 0 radical (unpaired) electrons. The Balaban J connectivity index is 1.81. The fourth-order valence-electron chi connectivity index (χ4n) is 4.00. The van der Waals surface area contributed by atoms with E-state index in [1.807, 2.05) is 56.3 Å². The minimum atomic E-state index is -1.11. The van der Waals surface area contributed by atoms with Crippen LogP contribution in [0.5, 0.6) is 5.75 Å². The first-order valence-corrected chi connectivity index (χ1v) is 11.2. The molecule has 0 bridgehead atoms. The lowest BCUT2D eigenvalue weighted by atomic mass is 10.1. The number of anilines is 1. The number of methoxy groups -OCH3 is 1. The standard InChI is InChI=1S/C22H24ClN3O3S/c1-14(2)24-21(28)26-10-11-30-22(26)17-12-16(29-3)8-9-19(17)25(20(22)27)13-15-6-4-5-7-18(15)23/h4-9,12,14H,10-11,13H2,1-3H3,(H,24,28). The lowest BCUT2D eigenvalue weighted by Crippen LogP contribution is -2.54. The van der Waals surface area contributed by atoms with Gasteiger partial charge in [0.25, 0.3) is 5.91 Å². The molecular weight excluding hydrogens is 422 g/mol. The van der Waals surface area contributed by atoms with Gasteiger partial charge in [-0.15, -0.1) is 11.8 Å². The molecule has 1 spiro atoms. The van der Waals surface area contributed by atoms with E-state index in [1.165, 1.54) is 11.8 Å². The number of nitrogens with one attached hydrogen (secondary N) is 1. The van der Waals surface area contributed by atoms with Gasteiger partial charge in [-0.25, -0.2) is 4.79 Å². The van der Waals surface area contributed by atoms with Gasteiger partial charge in [0.2, 0.25) is 0 Å². The summed E-state index contributed by atoms with van der Waals surface area (Å²) >= 11 is 7.86. The molecule has 4 rings (SSSR count). The average molecular weight is 446 g/mol. The van der Waals surface area contributed by atoms with Crippen LogP contribution in [0.3, 0.4) is 0 Å². The van der Waals surface area contributed by atoms with Gasteiger partial charge in [0.15, 0.2) is 4.87 Å². The number of urea groups is 1. The quantitative estimate of drug-likeness (QED) is 0.765. The van der Waals surface area contributed by atoms with Crippen LogP contribution in [0.1, 0.15) is 25.0 Å². The molecule has 8 heteroatoms. The van der Waals surface area contributed by atoms with E-state index >= 15 is 0 Å². The number of carbonyl (C=O) groups excluding carboxylic acids is 2. The van der Waals surface area contributed by atoms with Crippen LogP contribution < -0.4 is 15.0 Å². The molecule has 30 heavy (non-hydrogen) atoms. The summed E-state index contributed by atoms with van der Waals surface area (Å²) in [7, 11) is 1.59. The van der Waals surface area contributed by atoms with Gasteiger partial charge in [-0.2, -0.15) is 0 Å². The maximum absolute atomic E-state index is 13.9. The molecule has 2 aliphatic rings. The van der Waals surface area contributed by atoms with Crippen molar-refractivity contribution in [1.82, 2.24) is 10.2 Å². The van der Waals surface area contributed by atoms with Crippen molar-refractivity contribution in [2.45, 2.75) is 31.3 Å². The molecular formula is C22H24ClN3O3S. The van der Waals surface area contributed by atoms with Crippen molar-refractivity contribution in [1.29, 1.82) is 0 Å². The molecule has 1 saturated heterocycles. The highest BCUT2D eigenvalue weighted by molar-refractivity contribution is 8.01. The van der Waals surface area contributed by atoms with Crippen molar-refractivity contribution < 1.29 is 14.3 Å². The molecule has 1 N–H and O–H groups in total. The molecule has 2 heterocycles.